The molecule has 1 heterocycles. The van der Waals surface area contributed by atoms with Gasteiger partial charge in [0, 0.05) is 19.0 Å². The normalized spacial score (nSPS) is 22.5. The van der Waals surface area contributed by atoms with Crippen LogP contribution in [-0.2, 0) is 19.1 Å². The summed E-state index contributed by atoms with van der Waals surface area (Å²) >= 11 is 0. The van der Waals surface area contributed by atoms with Crippen LogP contribution in [0, 0.1) is 5.92 Å². The smallest absolute Gasteiger partial charge is 0.325 e. The second-order valence-electron chi connectivity index (χ2n) is 4.71. The van der Waals surface area contributed by atoms with E-state index in [9.17, 15) is 14.4 Å². The first-order chi connectivity index (χ1) is 8.61. The Hall–Kier alpha value is -1.59. The van der Waals surface area contributed by atoms with Crippen LogP contribution in [0.15, 0.2) is 0 Å². The third-order valence-electron chi connectivity index (χ3n) is 3.20. The van der Waals surface area contributed by atoms with Crippen molar-refractivity contribution in [3.8, 4) is 0 Å². The molecule has 1 aliphatic carbocycles. The Morgan fingerprint density at radius 2 is 2.17 bits per heavy atom. The van der Waals surface area contributed by atoms with Crippen LogP contribution in [-0.4, -0.2) is 48.4 Å². The van der Waals surface area contributed by atoms with Crippen molar-refractivity contribution in [3.05, 3.63) is 0 Å². The van der Waals surface area contributed by atoms with Gasteiger partial charge in [0.25, 0.3) is 0 Å². The highest BCUT2D eigenvalue weighted by atomic mass is 16.5. The lowest BCUT2D eigenvalue weighted by Gasteiger charge is -2.23. The lowest BCUT2D eigenvalue weighted by Crippen LogP contribution is -2.42. The third kappa shape index (κ3) is 3.00. The average Bonchev–Trinajstić information content (AvgIpc) is 3.08. The van der Waals surface area contributed by atoms with Crippen LogP contribution in [0.3, 0.4) is 0 Å². The molecular weight excluding hydrogens is 236 g/mol. The topological polar surface area (TPSA) is 75.7 Å². The van der Waals surface area contributed by atoms with Gasteiger partial charge in [-0.1, -0.05) is 0 Å². The van der Waals surface area contributed by atoms with Crippen molar-refractivity contribution in [2.45, 2.75) is 32.2 Å². The molecule has 100 valence electrons. The molecule has 0 aromatic rings. The van der Waals surface area contributed by atoms with Crippen molar-refractivity contribution in [1.82, 2.24) is 10.2 Å². The summed E-state index contributed by atoms with van der Waals surface area (Å²) in [7, 11) is 0. The van der Waals surface area contributed by atoms with E-state index in [2.05, 4.69) is 5.32 Å². The fourth-order valence-electron chi connectivity index (χ4n) is 2.13. The molecule has 0 bridgehead atoms. The molecule has 0 aromatic carbocycles. The number of hydrogen-bond donors (Lipinski definition) is 1. The molecule has 2 fully saturated rings. The Labute approximate surface area is 106 Å². The lowest BCUT2D eigenvalue weighted by molar-refractivity contribution is -0.150. The number of carbonyl (C=O) groups excluding carboxylic acids is 3. The molecule has 2 amide bonds. The van der Waals surface area contributed by atoms with Crippen LogP contribution in [0.4, 0.5) is 0 Å². The molecule has 1 N–H and O–H groups in total. The van der Waals surface area contributed by atoms with Gasteiger partial charge in [0.05, 0.1) is 12.5 Å². The summed E-state index contributed by atoms with van der Waals surface area (Å²) in [5.41, 5.74) is 0. The van der Waals surface area contributed by atoms with E-state index < -0.39 is 0 Å². The van der Waals surface area contributed by atoms with E-state index in [-0.39, 0.29) is 42.7 Å². The zero-order valence-corrected chi connectivity index (χ0v) is 10.5. The van der Waals surface area contributed by atoms with Crippen LogP contribution in [0.1, 0.15) is 26.2 Å². The number of nitrogens with one attached hydrogen (secondary N) is 1. The van der Waals surface area contributed by atoms with Gasteiger partial charge in [0.1, 0.15) is 6.54 Å². The van der Waals surface area contributed by atoms with Crippen LogP contribution in [0.25, 0.3) is 0 Å². The lowest BCUT2D eigenvalue weighted by atomic mass is 10.1. The molecule has 0 spiro atoms. The minimum atomic E-state index is -0.380. The first-order valence-corrected chi connectivity index (χ1v) is 6.34. The molecule has 0 aromatic heterocycles. The number of nitrogens with zero attached hydrogens (tertiary/aromatic N) is 1. The second kappa shape index (κ2) is 5.37. The Balaban J connectivity index is 1.94. The van der Waals surface area contributed by atoms with Gasteiger partial charge in [-0.05, 0) is 19.8 Å². The van der Waals surface area contributed by atoms with Gasteiger partial charge in [-0.3, -0.25) is 14.4 Å². The monoisotopic (exact) mass is 254 g/mol. The molecule has 2 rings (SSSR count). The van der Waals surface area contributed by atoms with E-state index >= 15 is 0 Å². The second-order valence-corrected chi connectivity index (χ2v) is 4.71. The Morgan fingerprint density at radius 3 is 2.67 bits per heavy atom. The maximum Gasteiger partial charge on any atom is 0.325 e. The highest BCUT2D eigenvalue weighted by Crippen LogP contribution is 2.29. The minimum Gasteiger partial charge on any atom is -0.465 e. The molecule has 1 saturated carbocycles. The van der Waals surface area contributed by atoms with Crippen molar-refractivity contribution < 1.29 is 19.1 Å². The summed E-state index contributed by atoms with van der Waals surface area (Å²) < 4.78 is 4.87. The number of hydrogen-bond acceptors (Lipinski definition) is 4. The van der Waals surface area contributed by atoms with Gasteiger partial charge in [-0.25, -0.2) is 0 Å². The predicted molar refractivity (Wildman–Crippen MR) is 62.5 cm³/mol. The van der Waals surface area contributed by atoms with Crippen LogP contribution >= 0.6 is 0 Å². The summed E-state index contributed by atoms with van der Waals surface area (Å²) in [6.07, 6.45) is 2.09. The minimum absolute atomic E-state index is 0.00201. The van der Waals surface area contributed by atoms with Gasteiger partial charge in [-0.2, -0.15) is 0 Å². The fourth-order valence-corrected chi connectivity index (χ4v) is 2.13. The SMILES string of the molecule is CCOC(=O)CN(C(=O)C1CNC(=O)C1)C1CC1. The van der Waals surface area contributed by atoms with Crippen molar-refractivity contribution in [2.24, 2.45) is 5.92 Å². The molecule has 6 nitrogen and oxygen atoms in total. The highest BCUT2D eigenvalue weighted by molar-refractivity contribution is 5.91. The fraction of sp³-hybridized carbons (Fsp3) is 0.750. The molecule has 1 atom stereocenters. The van der Waals surface area contributed by atoms with Gasteiger partial charge in [0.15, 0.2) is 0 Å². The molecule has 18 heavy (non-hydrogen) atoms. The van der Waals surface area contributed by atoms with Gasteiger partial charge in [-0.15, -0.1) is 0 Å². The molecule has 1 aliphatic heterocycles. The predicted octanol–water partition coefficient (Wildman–Crippen LogP) is -0.323. The zero-order valence-electron chi connectivity index (χ0n) is 10.5. The van der Waals surface area contributed by atoms with E-state index in [4.69, 9.17) is 4.74 Å². The third-order valence-corrected chi connectivity index (χ3v) is 3.20. The largest absolute Gasteiger partial charge is 0.465 e. The maximum atomic E-state index is 12.2. The number of amides is 2. The summed E-state index contributed by atoms with van der Waals surface area (Å²) in [6, 6.07) is 0.151. The highest BCUT2D eigenvalue weighted by Gasteiger charge is 2.39. The van der Waals surface area contributed by atoms with Crippen LogP contribution in [0.2, 0.25) is 0 Å². The number of ether oxygens (including phenoxy) is 1. The summed E-state index contributed by atoms with van der Waals surface area (Å²) in [4.78, 5) is 36.4. The van der Waals surface area contributed by atoms with Gasteiger partial charge >= 0.3 is 5.97 Å². The quantitative estimate of drug-likeness (QED) is 0.682. The van der Waals surface area contributed by atoms with Crippen molar-refractivity contribution in [1.29, 1.82) is 0 Å². The van der Waals surface area contributed by atoms with Crippen LogP contribution in [0.5, 0.6) is 0 Å². The van der Waals surface area contributed by atoms with E-state index in [0.717, 1.165) is 12.8 Å². The van der Waals surface area contributed by atoms with Crippen molar-refractivity contribution in [3.63, 3.8) is 0 Å². The van der Waals surface area contributed by atoms with Gasteiger partial charge in [0.2, 0.25) is 11.8 Å². The number of carbonyl (C=O) groups is 3. The van der Waals surface area contributed by atoms with E-state index in [1.54, 1.807) is 11.8 Å². The summed E-state index contributed by atoms with van der Waals surface area (Å²) in [5, 5.41) is 2.64. The van der Waals surface area contributed by atoms with E-state index in [1.807, 2.05) is 0 Å². The maximum absolute atomic E-state index is 12.2. The van der Waals surface area contributed by atoms with Crippen LogP contribution < -0.4 is 5.32 Å². The van der Waals surface area contributed by atoms with Crippen molar-refractivity contribution >= 4 is 17.8 Å². The molecule has 6 heteroatoms. The van der Waals surface area contributed by atoms with E-state index in [0.29, 0.717) is 13.2 Å². The Kier molecular flexibility index (Phi) is 3.84. The molecular formula is C12H18N2O4. The average molecular weight is 254 g/mol. The first-order valence-electron chi connectivity index (χ1n) is 6.34. The van der Waals surface area contributed by atoms with E-state index in [1.165, 1.54) is 0 Å². The molecule has 2 aliphatic rings. The molecule has 0 radical (unpaired) electrons. The molecule has 1 unspecified atom stereocenters. The number of rotatable bonds is 5. The summed E-state index contributed by atoms with van der Waals surface area (Å²) in [5.74, 6) is -0.910. The first kappa shape index (κ1) is 12.9. The standard InChI is InChI=1S/C12H18N2O4/c1-2-18-11(16)7-14(9-3-4-9)12(17)8-5-10(15)13-6-8/h8-9H,2-7H2,1H3,(H,13,15). The van der Waals surface area contributed by atoms with Gasteiger partial charge < -0.3 is 15.0 Å². The van der Waals surface area contributed by atoms with Crippen molar-refractivity contribution in [2.75, 3.05) is 19.7 Å². The Morgan fingerprint density at radius 1 is 1.44 bits per heavy atom. The Bertz CT molecular complexity index is 365. The number of esters is 1. The molecule has 1 saturated heterocycles. The zero-order chi connectivity index (χ0) is 13.1. The summed E-state index contributed by atoms with van der Waals surface area (Å²) in [6.45, 7) is 2.43.